The van der Waals surface area contributed by atoms with Gasteiger partial charge in [0.15, 0.2) is 0 Å². The quantitative estimate of drug-likeness (QED) is 0.797. The minimum Gasteiger partial charge on any atom is -0.324 e. The maximum absolute atomic E-state index is 12.0. The van der Waals surface area contributed by atoms with E-state index in [1.165, 1.54) is 0 Å². The van der Waals surface area contributed by atoms with E-state index in [0.29, 0.717) is 12.2 Å². The molecular weight excluding hydrogens is 264 g/mol. The Morgan fingerprint density at radius 1 is 1.26 bits per heavy atom. The summed E-state index contributed by atoms with van der Waals surface area (Å²) in [6.45, 7) is 1.49. The molecule has 19 heavy (non-hydrogen) atoms. The fraction of sp³-hybridized carbons (Fsp3) is 0.417. The Labute approximate surface area is 113 Å². The standard InChI is InChI=1S/C12H18N4O2S/c1-16(2)9-5-8-13-12-14-10-6-3-4-7-11(10)19(17,18)15-12/h3-4,6-7H,5,8-9H2,1-2H3,(H2,13,14,15). The van der Waals surface area contributed by atoms with Crippen LogP contribution >= 0.6 is 0 Å². The van der Waals surface area contributed by atoms with Gasteiger partial charge in [0.05, 0.1) is 5.69 Å². The topological polar surface area (TPSA) is 73.8 Å². The predicted octanol–water partition coefficient (Wildman–Crippen LogP) is 0.698. The summed E-state index contributed by atoms with van der Waals surface area (Å²) >= 11 is 0. The lowest BCUT2D eigenvalue weighted by Gasteiger charge is -2.21. The summed E-state index contributed by atoms with van der Waals surface area (Å²) in [7, 11) is 0.484. The second-order valence-corrected chi connectivity index (χ2v) is 6.26. The van der Waals surface area contributed by atoms with Gasteiger partial charge in [-0.1, -0.05) is 12.1 Å². The van der Waals surface area contributed by atoms with Gasteiger partial charge in [0.2, 0.25) is 5.96 Å². The van der Waals surface area contributed by atoms with E-state index < -0.39 is 10.0 Å². The average Bonchev–Trinajstić information content (AvgIpc) is 2.34. The molecule has 1 aliphatic rings. The van der Waals surface area contributed by atoms with Gasteiger partial charge in [-0.3, -0.25) is 4.99 Å². The first-order chi connectivity index (χ1) is 8.99. The van der Waals surface area contributed by atoms with Gasteiger partial charge in [-0.15, -0.1) is 0 Å². The molecule has 0 unspecified atom stereocenters. The highest BCUT2D eigenvalue weighted by molar-refractivity contribution is 7.90. The van der Waals surface area contributed by atoms with Crippen LogP contribution in [0.5, 0.6) is 0 Å². The molecule has 0 aromatic heterocycles. The normalized spacial score (nSPS) is 18.8. The number of nitrogens with one attached hydrogen (secondary N) is 2. The first-order valence-electron chi connectivity index (χ1n) is 6.07. The number of hydrogen-bond acceptors (Lipinski definition) is 4. The monoisotopic (exact) mass is 282 g/mol. The third kappa shape index (κ3) is 3.45. The molecular formula is C12H18N4O2S. The largest absolute Gasteiger partial charge is 0.324 e. The van der Waals surface area contributed by atoms with Crippen molar-refractivity contribution in [3.05, 3.63) is 24.3 Å². The van der Waals surface area contributed by atoms with E-state index in [1.54, 1.807) is 24.3 Å². The van der Waals surface area contributed by atoms with E-state index in [4.69, 9.17) is 0 Å². The zero-order chi connectivity index (χ0) is 13.9. The van der Waals surface area contributed by atoms with Crippen LogP contribution in [0.15, 0.2) is 34.2 Å². The van der Waals surface area contributed by atoms with Gasteiger partial charge in [-0.25, -0.2) is 13.1 Å². The smallest absolute Gasteiger partial charge is 0.266 e. The fourth-order valence-corrected chi connectivity index (χ4v) is 2.94. The van der Waals surface area contributed by atoms with E-state index >= 15 is 0 Å². The molecule has 0 saturated carbocycles. The van der Waals surface area contributed by atoms with E-state index in [9.17, 15) is 8.42 Å². The average molecular weight is 282 g/mol. The van der Waals surface area contributed by atoms with Gasteiger partial charge < -0.3 is 10.2 Å². The number of para-hydroxylation sites is 1. The van der Waals surface area contributed by atoms with Crippen LogP contribution in [0.3, 0.4) is 0 Å². The van der Waals surface area contributed by atoms with E-state index in [0.717, 1.165) is 13.0 Å². The van der Waals surface area contributed by atoms with E-state index in [-0.39, 0.29) is 10.9 Å². The van der Waals surface area contributed by atoms with Crippen molar-refractivity contribution >= 4 is 21.7 Å². The summed E-state index contributed by atoms with van der Waals surface area (Å²) in [5.41, 5.74) is 0.563. The SMILES string of the molecule is CN(C)CCCN=C1Nc2ccccc2S(=O)(=O)N1. The van der Waals surface area contributed by atoms with Crippen LogP contribution in [0.25, 0.3) is 0 Å². The molecule has 2 N–H and O–H groups in total. The van der Waals surface area contributed by atoms with Crippen LogP contribution in [0, 0.1) is 0 Å². The lowest BCUT2D eigenvalue weighted by molar-refractivity contribution is 0.403. The molecule has 0 spiro atoms. The number of hydrogen-bond donors (Lipinski definition) is 2. The molecule has 0 atom stereocenters. The number of nitrogens with zero attached hydrogens (tertiary/aromatic N) is 2. The molecule has 0 amide bonds. The summed E-state index contributed by atoms with van der Waals surface area (Å²) < 4.78 is 26.4. The van der Waals surface area contributed by atoms with Crippen molar-refractivity contribution in [2.24, 2.45) is 4.99 Å². The summed E-state index contributed by atoms with van der Waals surface area (Å²) in [5.74, 6) is 0.289. The molecule has 1 aromatic rings. The Bertz CT molecular complexity index is 581. The Hall–Kier alpha value is -1.60. The number of benzene rings is 1. The minimum atomic E-state index is -3.50. The number of guanidine groups is 1. The van der Waals surface area contributed by atoms with Crippen molar-refractivity contribution in [3.8, 4) is 0 Å². The van der Waals surface area contributed by atoms with Crippen molar-refractivity contribution < 1.29 is 8.42 Å². The summed E-state index contributed by atoms with van der Waals surface area (Å²) in [4.78, 5) is 6.55. The van der Waals surface area contributed by atoms with Crippen molar-refractivity contribution in [1.82, 2.24) is 9.62 Å². The van der Waals surface area contributed by atoms with Gasteiger partial charge in [-0.05, 0) is 39.2 Å². The highest BCUT2D eigenvalue weighted by Crippen LogP contribution is 2.23. The third-order valence-electron chi connectivity index (χ3n) is 2.69. The van der Waals surface area contributed by atoms with Gasteiger partial charge in [0, 0.05) is 6.54 Å². The number of sulfonamides is 1. The van der Waals surface area contributed by atoms with Crippen molar-refractivity contribution in [1.29, 1.82) is 0 Å². The Morgan fingerprint density at radius 2 is 2.00 bits per heavy atom. The van der Waals surface area contributed by atoms with Gasteiger partial charge in [0.1, 0.15) is 4.90 Å². The van der Waals surface area contributed by atoms with E-state index in [2.05, 4.69) is 19.9 Å². The Morgan fingerprint density at radius 3 is 2.74 bits per heavy atom. The number of rotatable bonds is 4. The van der Waals surface area contributed by atoms with Crippen LogP contribution in [-0.2, 0) is 10.0 Å². The summed E-state index contributed by atoms with van der Waals surface area (Å²) in [6, 6.07) is 6.77. The molecule has 6 nitrogen and oxygen atoms in total. The zero-order valence-corrected chi connectivity index (χ0v) is 11.9. The molecule has 2 rings (SSSR count). The van der Waals surface area contributed by atoms with Crippen LogP contribution < -0.4 is 10.0 Å². The Balaban J connectivity index is 2.10. The molecule has 0 aliphatic carbocycles. The number of fused-ring (bicyclic) bond motifs is 1. The summed E-state index contributed by atoms with van der Waals surface area (Å²) in [5, 5.41) is 2.99. The van der Waals surface area contributed by atoms with Gasteiger partial charge in [-0.2, -0.15) is 0 Å². The maximum atomic E-state index is 12.0. The predicted molar refractivity (Wildman–Crippen MR) is 75.9 cm³/mol. The highest BCUT2D eigenvalue weighted by Gasteiger charge is 2.25. The minimum absolute atomic E-state index is 0.252. The second kappa shape index (κ2) is 5.58. The molecule has 0 bridgehead atoms. The van der Waals surface area contributed by atoms with Gasteiger partial charge in [0.25, 0.3) is 10.0 Å². The fourth-order valence-electron chi connectivity index (χ4n) is 1.79. The number of aliphatic imine (C=N–C) groups is 1. The van der Waals surface area contributed by atoms with Crippen molar-refractivity contribution in [2.75, 3.05) is 32.5 Å². The van der Waals surface area contributed by atoms with Crippen LogP contribution in [-0.4, -0.2) is 46.5 Å². The van der Waals surface area contributed by atoms with Crippen molar-refractivity contribution in [3.63, 3.8) is 0 Å². The maximum Gasteiger partial charge on any atom is 0.266 e. The third-order valence-corrected chi connectivity index (χ3v) is 4.09. The molecule has 0 fully saturated rings. The van der Waals surface area contributed by atoms with Gasteiger partial charge >= 0.3 is 0 Å². The first-order valence-corrected chi connectivity index (χ1v) is 7.55. The Kier molecular flexibility index (Phi) is 4.06. The van der Waals surface area contributed by atoms with Crippen LogP contribution in [0.2, 0.25) is 0 Å². The van der Waals surface area contributed by atoms with E-state index in [1.807, 2.05) is 14.1 Å². The first kappa shape index (κ1) is 13.8. The molecule has 1 aliphatic heterocycles. The number of anilines is 1. The molecule has 0 radical (unpaired) electrons. The lowest BCUT2D eigenvalue weighted by atomic mass is 10.3. The molecule has 1 heterocycles. The second-order valence-electron chi connectivity index (χ2n) is 4.61. The molecule has 1 aromatic carbocycles. The van der Waals surface area contributed by atoms with Crippen molar-refractivity contribution in [2.45, 2.75) is 11.3 Å². The molecule has 104 valence electrons. The van der Waals surface area contributed by atoms with Crippen LogP contribution in [0.1, 0.15) is 6.42 Å². The van der Waals surface area contributed by atoms with Crippen LogP contribution in [0.4, 0.5) is 5.69 Å². The lowest BCUT2D eigenvalue weighted by Crippen LogP contribution is -2.40. The highest BCUT2D eigenvalue weighted by atomic mass is 32.2. The summed E-state index contributed by atoms with van der Waals surface area (Å²) in [6.07, 6.45) is 0.877. The molecule has 0 saturated heterocycles. The zero-order valence-electron chi connectivity index (χ0n) is 11.0. The molecule has 7 heteroatoms.